The zero-order valence-electron chi connectivity index (χ0n) is 10.3. The van der Waals surface area contributed by atoms with E-state index in [9.17, 15) is 0 Å². The maximum absolute atomic E-state index is 4.58. The lowest BCUT2D eigenvalue weighted by Crippen LogP contribution is -2.02. The Morgan fingerprint density at radius 2 is 1.75 bits per heavy atom. The second-order valence-corrected chi connectivity index (χ2v) is 6.04. The Morgan fingerprint density at radius 1 is 1.06 bits per heavy atom. The molecule has 0 bridgehead atoms. The summed E-state index contributed by atoms with van der Waals surface area (Å²) in [5.41, 5.74) is 0. The van der Waals surface area contributed by atoms with Crippen LogP contribution in [0, 0.1) is 11.8 Å². The van der Waals surface area contributed by atoms with Crippen LogP contribution in [0.15, 0.2) is 0 Å². The van der Waals surface area contributed by atoms with Gasteiger partial charge in [0.2, 0.25) is 4.96 Å². The summed E-state index contributed by atoms with van der Waals surface area (Å²) in [7, 11) is 0. The number of fused-ring (bicyclic) bond motifs is 1. The van der Waals surface area contributed by atoms with Crippen molar-refractivity contribution >= 4 is 16.3 Å². The minimum atomic E-state index is 0.586. The highest BCUT2D eigenvalue weighted by atomic mass is 32.1. The molecule has 0 spiro atoms. The van der Waals surface area contributed by atoms with Crippen LogP contribution in [-0.2, 0) is 12.8 Å². The van der Waals surface area contributed by atoms with Crippen LogP contribution in [0.2, 0.25) is 0 Å². The van der Waals surface area contributed by atoms with Crippen LogP contribution in [-0.4, -0.2) is 19.8 Å². The molecule has 0 amide bonds. The van der Waals surface area contributed by atoms with Gasteiger partial charge in [-0.2, -0.15) is 9.61 Å². The van der Waals surface area contributed by atoms with Crippen LogP contribution in [0.5, 0.6) is 0 Å². The van der Waals surface area contributed by atoms with E-state index >= 15 is 0 Å². The molecular formula is C11H18N4S. The maximum atomic E-state index is 4.58. The first-order chi connectivity index (χ1) is 7.56. The lowest BCUT2D eigenvalue weighted by atomic mass is 10.1. The van der Waals surface area contributed by atoms with Gasteiger partial charge in [0, 0.05) is 12.8 Å². The largest absolute Gasteiger partial charge is 0.234 e. The number of aromatic nitrogens is 4. The molecule has 0 unspecified atom stereocenters. The van der Waals surface area contributed by atoms with E-state index in [1.165, 1.54) is 0 Å². The molecular weight excluding hydrogens is 220 g/mol. The molecule has 0 aliphatic carbocycles. The topological polar surface area (TPSA) is 43.1 Å². The fourth-order valence-corrected chi connectivity index (χ4v) is 2.69. The molecule has 0 aliphatic rings. The van der Waals surface area contributed by atoms with Gasteiger partial charge in [-0.1, -0.05) is 39.0 Å². The van der Waals surface area contributed by atoms with Gasteiger partial charge in [0.15, 0.2) is 5.82 Å². The molecule has 0 saturated heterocycles. The Kier molecular flexibility index (Phi) is 3.23. The summed E-state index contributed by atoms with van der Waals surface area (Å²) < 4.78 is 1.91. The van der Waals surface area contributed by atoms with Crippen molar-refractivity contribution in [1.29, 1.82) is 0 Å². The SMILES string of the molecule is CC(C)Cc1nn2c(CC(C)C)nnc2s1. The standard InChI is InChI=1S/C11H18N4S/c1-7(2)5-9-12-13-11-15(9)14-10(16-11)6-8(3)4/h7-8H,5-6H2,1-4H3. The minimum absolute atomic E-state index is 0.586. The van der Waals surface area contributed by atoms with Crippen LogP contribution < -0.4 is 0 Å². The molecule has 0 aliphatic heterocycles. The van der Waals surface area contributed by atoms with Crippen LogP contribution in [0.4, 0.5) is 0 Å². The van der Waals surface area contributed by atoms with E-state index in [-0.39, 0.29) is 0 Å². The second-order valence-electron chi connectivity index (χ2n) is 5.00. The molecule has 2 rings (SSSR count). The molecule has 5 heteroatoms. The monoisotopic (exact) mass is 238 g/mol. The van der Waals surface area contributed by atoms with Gasteiger partial charge in [0.1, 0.15) is 5.01 Å². The van der Waals surface area contributed by atoms with E-state index in [1.807, 2.05) is 4.52 Å². The summed E-state index contributed by atoms with van der Waals surface area (Å²) in [4.78, 5) is 0.923. The van der Waals surface area contributed by atoms with E-state index in [4.69, 9.17) is 0 Å². The van der Waals surface area contributed by atoms with Gasteiger partial charge >= 0.3 is 0 Å². The second kappa shape index (κ2) is 4.49. The predicted molar refractivity (Wildman–Crippen MR) is 65.7 cm³/mol. The molecule has 16 heavy (non-hydrogen) atoms. The van der Waals surface area contributed by atoms with E-state index in [0.717, 1.165) is 28.6 Å². The van der Waals surface area contributed by atoms with Crippen molar-refractivity contribution in [3.8, 4) is 0 Å². The number of nitrogens with zero attached hydrogens (tertiary/aromatic N) is 4. The third kappa shape index (κ3) is 2.40. The average Bonchev–Trinajstić information content (AvgIpc) is 2.66. The third-order valence-electron chi connectivity index (χ3n) is 2.27. The maximum Gasteiger partial charge on any atom is 0.234 e. The van der Waals surface area contributed by atoms with Crippen LogP contribution >= 0.6 is 11.3 Å². The summed E-state index contributed by atoms with van der Waals surface area (Å²) >= 11 is 1.65. The summed E-state index contributed by atoms with van der Waals surface area (Å²) in [6, 6.07) is 0. The fourth-order valence-electron chi connectivity index (χ4n) is 1.62. The van der Waals surface area contributed by atoms with Crippen molar-refractivity contribution in [2.45, 2.75) is 40.5 Å². The van der Waals surface area contributed by atoms with Crippen molar-refractivity contribution in [2.75, 3.05) is 0 Å². The highest BCUT2D eigenvalue weighted by molar-refractivity contribution is 7.16. The van der Waals surface area contributed by atoms with Gasteiger partial charge in [0.25, 0.3) is 0 Å². The van der Waals surface area contributed by atoms with E-state index in [0.29, 0.717) is 11.8 Å². The average molecular weight is 238 g/mol. The first-order valence-electron chi connectivity index (χ1n) is 5.76. The highest BCUT2D eigenvalue weighted by Crippen LogP contribution is 2.18. The van der Waals surface area contributed by atoms with Gasteiger partial charge in [-0.3, -0.25) is 0 Å². The molecule has 0 atom stereocenters. The zero-order chi connectivity index (χ0) is 11.7. The summed E-state index contributed by atoms with van der Waals surface area (Å²) in [6.07, 6.45) is 1.96. The zero-order valence-corrected chi connectivity index (χ0v) is 11.1. The predicted octanol–water partition coefficient (Wildman–Crippen LogP) is 2.58. The van der Waals surface area contributed by atoms with E-state index in [2.05, 4.69) is 43.0 Å². The molecule has 2 heterocycles. The van der Waals surface area contributed by atoms with Crippen LogP contribution in [0.25, 0.3) is 4.96 Å². The molecule has 0 saturated carbocycles. The quantitative estimate of drug-likeness (QED) is 0.822. The first kappa shape index (κ1) is 11.5. The number of rotatable bonds is 4. The number of hydrogen-bond donors (Lipinski definition) is 0. The molecule has 0 fully saturated rings. The molecule has 2 aromatic rings. The van der Waals surface area contributed by atoms with Gasteiger partial charge in [0.05, 0.1) is 0 Å². The summed E-state index contributed by atoms with van der Waals surface area (Å²) in [5.74, 6) is 2.20. The minimum Gasteiger partial charge on any atom is -0.187 e. The Labute approximate surface area is 99.7 Å². The van der Waals surface area contributed by atoms with Gasteiger partial charge in [-0.25, -0.2) is 0 Å². The normalized spacial score (nSPS) is 12.1. The van der Waals surface area contributed by atoms with Gasteiger partial charge < -0.3 is 0 Å². The van der Waals surface area contributed by atoms with E-state index < -0.39 is 0 Å². The van der Waals surface area contributed by atoms with Crippen molar-refractivity contribution in [2.24, 2.45) is 11.8 Å². The number of hydrogen-bond acceptors (Lipinski definition) is 4. The lowest BCUT2D eigenvalue weighted by Gasteiger charge is -2.00. The molecule has 0 N–H and O–H groups in total. The molecule has 0 aromatic carbocycles. The third-order valence-corrected chi connectivity index (χ3v) is 3.19. The Balaban J connectivity index is 2.28. The molecule has 4 nitrogen and oxygen atoms in total. The Morgan fingerprint density at radius 3 is 2.38 bits per heavy atom. The van der Waals surface area contributed by atoms with Crippen molar-refractivity contribution in [3.63, 3.8) is 0 Å². The molecule has 0 radical (unpaired) electrons. The van der Waals surface area contributed by atoms with Crippen LogP contribution in [0.1, 0.15) is 38.5 Å². The molecule has 88 valence electrons. The molecule has 2 aromatic heterocycles. The van der Waals surface area contributed by atoms with Crippen molar-refractivity contribution < 1.29 is 0 Å². The Hall–Kier alpha value is -0.970. The summed E-state index contributed by atoms with van der Waals surface area (Å²) in [6.45, 7) is 8.78. The lowest BCUT2D eigenvalue weighted by molar-refractivity contribution is 0.598. The van der Waals surface area contributed by atoms with Crippen LogP contribution in [0.3, 0.4) is 0 Å². The smallest absolute Gasteiger partial charge is 0.187 e. The van der Waals surface area contributed by atoms with Crippen molar-refractivity contribution in [1.82, 2.24) is 19.8 Å². The first-order valence-corrected chi connectivity index (χ1v) is 6.58. The van der Waals surface area contributed by atoms with E-state index in [1.54, 1.807) is 11.3 Å². The van der Waals surface area contributed by atoms with Crippen molar-refractivity contribution in [3.05, 3.63) is 10.8 Å². The Bertz CT molecular complexity index is 469. The van der Waals surface area contributed by atoms with Gasteiger partial charge in [-0.05, 0) is 11.8 Å². The fraction of sp³-hybridized carbons (Fsp3) is 0.727. The summed E-state index contributed by atoms with van der Waals surface area (Å²) in [5, 5.41) is 14.1. The van der Waals surface area contributed by atoms with Gasteiger partial charge in [-0.15, -0.1) is 10.2 Å². The highest BCUT2D eigenvalue weighted by Gasteiger charge is 2.13.